The molecule has 96 valence electrons. The molecule has 2 rings (SSSR count). The summed E-state index contributed by atoms with van der Waals surface area (Å²) in [6.07, 6.45) is 2.70. The van der Waals surface area contributed by atoms with Crippen molar-refractivity contribution in [3.8, 4) is 0 Å². The predicted molar refractivity (Wildman–Crippen MR) is 75.5 cm³/mol. The highest BCUT2D eigenvalue weighted by Gasteiger charge is 2.29. The lowest BCUT2D eigenvalue weighted by atomic mass is 10.0. The molecule has 1 aromatic carbocycles. The summed E-state index contributed by atoms with van der Waals surface area (Å²) in [7, 11) is 0. The van der Waals surface area contributed by atoms with Crippen molar-refractivity contribution in [2.75, 3.05) is 18.1 Å². The van der Waals surface area contributed by atoms with Gasteiger partial charge in [0.15, 0.2) is 0 Å². The Hall–Kier alpha value is -1.32. The van der Waals surface area contributed by atoms with Crippen LogP contribution in [0.4, 0.5) is 5.69 Å². The summed E-state index contributed by atoms with van der Waals surface area (Å²) in [6.45, 7) is 5.85. The maximum Gasteiger partial charge on any atom is 0.149 e. The van der Waals surface area contributed by atoms with Gasteiger partial charge in [-0.25, -0.2) is 5.01 Å². The second kappa shape index (κ2) is 5.55. The number of para-hydroxylation sites is 1. The molecular formula is C14H17ClN2O. The average Bonchev–Trinajstić information content (AvgIpc) is 2.42. The molecule has 3 nitrogen and oxygen atoms in total. The summed E-state index contributed by atoms with van der Waals surface area (Å²) in [5.74, 6) is 0. The third kappa shape index (κ3) is 2.16. The number of nitrogens with zero attached hydrogens (tertiary/aromatic N) is 2. The van der Waals surface area contributed by atoms with E-state index in [1.54, 1.807) is 0 Å². The Morgan fingerprint density at radius 3 is 2.61 bits per heavy atom. The third-order valence-electron chi connectivity index (χ3n) is 3.17. The molecule has 0 fully saturated rings. The van der Waals surface area contributed by atoms with Crippen LogP contribution in [-0.2, 0) is 4.79 Å². The highest BCUT2D eigenvalue weighted by atomic mass is 35.5. The molecular weight excluding hydrogens is 248 g/mol. The topological polar surface area (TPSA) is 23.6 Å². The van der Waals surface area contributed by atoms with Crippen molar-refractivity contribution in [3.05, 3.63) is 35.4 Å². The molecule has 0 saturated carbocycles. The molecule has 0 aromatic heterocycles. The van der Waals surface area contributed by atoms with Gasteiger partial charge in [0.05, 0.1) is 5.69 Å². The number of fused-ring (bicyclic) bond motifs is 1. The van der Waals surface area contributed by atoms with Gasteiger partial charge in [0.2, 0.25) is 0 Å². The summed E-state index contributed by atoms with van der Waals surface area (Å²) in [5.41, 5.74) is 2.25. The Labute approximate surface area is 113 Å². The van der Waals surface area contributed by atoms with Crippen LogP contribution in [0.25, 0.3) is 6.08 Å². The molecule has 4 heteroatoms. The number of anilines is 1. The van der Waals surface area contributed by atoms with E-state index in [-0.39, 0.29) is 0 Å². The van der Waals surface area contributed by atoms with Crippen LogP contribution >= 0.6 is 11.6 Å². The molecule has 0 amide bonds. The summed E-state index contributed by atoms with van der Waals surface area (Å²) in [5, 5.41) is 4.13. The van der Waals surface area contributed by atoms with Gasteiger partial charge >= 0.3 is 0 Å². The van der Waals surface area contributed by atoms with Gasteiger partial charge in [0.25, 0.3) is 0 Å². The number of aldehydes is 1. The van der Waals surface area contributed by atoms with Crippen LogP contribution in [-0.4, -0.2) is 29.9 Å². The Kier molecular flexibility index (Phi) is 4.04. The molecule has 1 aromatic rings. The fourth-order valence-electron chi connectivity index (χ4n) is 2.24. The molecule has 1 aliphatic heterocycles. The van der Waals surface area contributed by atoms with Crippen molar-refractivity contribution < 1.29 is 4.79 Å². The maximum absolute atomic E-state index is 11.1. The van der Waals surface area contributed by atoms with Gasteiger partial charge in [-0.3, -0.25) is 9.80 Å². The molecule has 1 aliphatic rings. The molecule has 1 heterocycles. The lowest BCUT2D eigenvalue weighted by Gasteiger charge is -2.41. The Bertz CT molecular complexity index is 469. The van der Waals surface area contributed by atoms with Crippen LogP contribution in [0.3, 0.4) is 0 Å². The number of halogens is 1. The number of benzene rings is 1. The lowest BCUT2D eigenvalue weighted by Crippen LogP contribution is -2.49. The zero-order valence-corrected chi connectivity index (χ0v) is 11.4. The predicted octanol–water partition coefficient (Wildman–Crippen LogP) is 2.91. The second-order valence-electron chi connectivity index (χ2n) is 4.14. The highest BCUT2D eigenvalue weighted by molar-refractivity contribution is 6.26. The van der Waals surface area contributed by atoms with Crippen LogP contribution in [0.5, 0.6) is 0 Å². The van der Waals surface area contributed by atoms with Gasteiger partial charge in [0.1, 0.15) is 11.8 Å². The van der Waals surface area contributed by atoms with Crippen molar-refractivity contribution in [1.29, 1.82) is 0 Å². The highest BCUT2D eigenvalue weighted by Crippen LogP contribution is 2.34. The standard InChI is InChI=1S/C14H17ClN2O/c1-3-16(4-2)17-13-8-6-5-7-11(13)9-12(10-18)14(17)15/h5-10,14H,3-4H2,1-2H3. The zero-order valence-electron chi connectivity index (χ0n) is 10.6. The number of alkyl halides is 1. The molecule has 1 atom stereocenters. The normalized spacial score (nSPS) is 18.6. The molecule has 0 saturated heterocycles. The van der Waals surface area contributed by atoms with Gasteiger partial charge in [-0.1, -0.05) is 43.6 Å². The largest absolute Gasteiger partial charge is 0.298 e. The van der Waals surface area contributed by atoms with Gasteiger partial charge in [0, 0.05) is 18.7 Å². The first-order valence-electron chi connectivity index (χ1n) is 6.16. The third-order valence-corrected chi connectivity index (χ3v) is 3.60. The van der Waals surface area contributed by atoms with E-state index in [0.29, 0.717) is 5.57 Å². The van der Waals surface area contributed by atoms with Crippen LogP contribution in [0.2, 0.25) is 0 Å². The van der Waals surface area contributed by atoms with E-state index in [4.69, 9.17) is 11.6 Å². The maximum atomic E-state index is 11.1. The van der Waals surface area contributed by atoms with Gasteiger partial charge < -0.3 is 0 Å². The minimum Gasteiger partial charge on any atom is -0.298 e. The minimum absolute atomic E-state index is 0.433. The monoisotopic (exact) mass is 264 g/mol. The number of hydrogen-bond donors (Lipinski definition) is 0. The van der Waals surface area contributed by atoms with Crippen molar-refractivity contribution in [2.24, 2.45) is 0 Å². The van der Waals surface area contributed by atoms with E-state index in [1.165, 1.54) is 0 Å². The first kappa shape index (κ1) is 13.1. The molecule has 0 aliphatic carbocycles. The number of carbonyl (C=O) groups is 1. The van der Waals surface area contributed by atoms with Crippen molar-refractivity contribution in [2.45, 2.75) is 19.3 Å². The number of carbonyl (C=O) groups excluding carboxylic acids is 1. The minimum atomic E-state index is -0.433. The second-order valence-corrected chi connectivity index (χ2v) is 4.55. The van der Waals surface area contributed by atoms with Gasteiger partial charge in [-0.15, -0.1) is 0 Å². The summed E-state index contributed by atoms with van der Waals surface area (Å²) < 4.78 is 0. The van der Waals surface area contributed by atoms with E-state index in [1.807, 2.05) is 35.4 Å². The Morgan fingerprint density at radius 1 is 1.33 bits per heavy atom. The Morgan fingerprint density at radius 2 is 2.00 bits per heavy atom. The molecule has 18 heavy (non-hydrogen) atoms. The van der Waals surface area contributed by atoms with Crippen LogP contribution in [0.15, 0.2) is 29.8 Å². The number of rotatable bonds is 4. The van der Waals surface area contributed by atoms with E-state index in [0.717, 1.165) is 30.6 Å². The van der Waals surface area contributed by atoms with Crippen molar-refractivity contribution in [3.63, 3.8) is 0 Å². The van der Waals surface area contributed by atoms with E-state index >= 15 is 0 Å². The smallest absolute Gasteiger partial charge is 0.149 e. The summed E-state index contributed by atoms with van der Waals surface area (Å²) in [4.78, 5) is 11.1. The van der Waals surface area contributed by atoms with Crippen molar-refractivity contribution in [1.82, 2.24) is 5.01 Å². The van der Waals surface area contributed by atoms with E-state index in [2.05, 4.69) is 18.9 Å². The fourth-order valence-corrected chi connectivity index (χ4v) is 2.59. The lowest BCUT2D eigenvalue weighted by molar-refractivity contribution is -0.105. The van der Waals surface area contributed by atoms with Crippen LogP contribution in [0, 0.1) is 0 Å². The van der Waals surface area contributed by atoms with E-state index in [9.17, 15) is 4.79 Å². The summed E-state index contributed by atoms with van der Waals surface area (Å²) in [6, 6.07) is 7.98. The SMILES string of the molecule is CCN(CC)N1c2ccccc2C=C(C=O)C1Cl. The quantitative estimate of drug-likeness (QED) is 0.475. The van der Waals surface area contributed by atoms with Gasteiger partial charge in [-0.2, -0.15) is 0 Å². The van der Waals surface area contributed by atoms with Crippen LogP contribution in [0.1, 0.15) is 19.4 Å². The summed E-state index contributed by atoms with van der Waals surface area (Å²) >= 11 is 6.41. The zero-order chi connectivity index (χ0) is 13.1. The van der Waals surface area contributed by atoms with E-state index < -0.39 is 5.50 Å². The first-order chi connectivity index (χ1) is 8.72. The van der Waals surface area contributed by atoms with Crippen LogP contribution < -0.4 is 5.01 Å². The molecule has 0 radical (unpaired) electrons. The first-order valence-corrected chi connectivity index (χ1v) is 6.60. The fraction of sp³-hybridized carbons (Fsp3) is 0.357. The number of hydrogen-bond acceptors (Lipinski definition) is 3. The average molecular weight is 265 g/mol. The molecule has 0 N–H and O–H groups in total. The Balaban J connectivity index is 2.51. The molecule has 0 spiro atoms. The molecule has 1 unspecified atom stereocenters. The molecule has 0 bridgehead atoms. The van der Waals surface area contributed by atoms with Crippen molar-refractivity contribution >= 4 is 29.7 Å². The number of hydrazine groups is 1. The van der Waals surface area contributed by atoms with Gasteiger partial charge in [-0.05, 0) is 17.7 Å².